The predicted molar refractivity (Wildman–Crippen MR) is 81.2 cm³/mol. The molecule has 0 spiro atoms. The van der Waals surface area contributed by atoms with Gasteiger partial charge >= 0.3 is 0 Å². The summed E-state index contributed by atoms with van der Waals surface area (Å²) >= 11 is 0. The zero-order chi connectivity index (χ0) is 15.0. The lowest BCUT2D eigenvalue weighted by Crippen LogP contribution is -2.26. The molecule has 0 aliphatic heterocycles. The molecule has 0 saturated carbocycles. The minimum Gasteiger partial charge on any atom is -0.321 e. The minimum absolute atomic E-state index is 0.00832. The van der Waals surface area contributed by atoms with Gasteiger partial charge in [-0.25, -0.2) is 9.97 Å². The largest absolute Gasteiger partial charge is 0.321 e. The maximum atomic E-state index is 6.24. The van der Waals surface area contributed by atoms with Crippen LogP contribution in [0.25, 0.3) is 0 Å². The Morgan fingerprint density at radius 3 is 1.53 bits per heavy atom. The Labute approximate surface area is 118 Å². The zero-order valence-corrected chi connectivity index (χ0v) is 13.7. The Morgan fingerprint density at radius 1 is 0.895 bits per heavy atom. The second-order valence-electron chi connectivity index (χ2n) is 7.77. The highest BCUT2D eigenvalue weighted by atomic mass is 15.0. The lowest BCUT2D eigenvalue weighted by molar-refractivity contribution is 0.465. The average molecular weight is 263 g/mol. The topological polar surface area (TPSA) is 51.8 Å². The van der Waals surface area contributed by atoms with Gasteiger partial charge in [0.1, 0.15) is 5.82 Å². The van der Waals surface area contributed by atoms with Crippen molar-refractivity contribution in [2.24, 2.45) is 11.7 Å². The zero-order valence-electron chi connectivity index (χ0n) is 13.7. The van der Waals surface area contributed by atoms with Gasteiger partial charge in [0.05, 0.1) is 6.04 Å². The van der Waals surface area contributed by atoms with Crippen LogP contribution in [0.15, 0.2) is 6.07 Å². The lowest BCUT2D eigenvalue weighted by Gasteiger charge is -2.26. The highest BCUT2D eigenvalue weighted by Crippen LogP contribution is 2.28. The fourth-order valence-corrected chi connectivity index (χ4v) is 1.68. The van der Waals surface area contributed by atoms with Crippen molar-refractivity contribution in [3.8, 4) is 0 Å². The van der Waals surface area contributed by atoms with Crippen LogP contribution < -0.4 is 5.73 Å². The quantitative estimate of drug-likeness (QED) is 0.884. The van der Waals surface area contributed by atoms with E-state index in [-0.39, 0.29) is 16.9 Å². The van der Waals surface area contributed by atoms with Crippen LogP contribution in [0.2, 0.25) is 0 Å². The van der Waals surface area contributed by atoms with E-state index in [2.05, 4.69) is 61.5 Å². The summed E-state index contributed by atoms with van der Waals surface area (Å²) < 4.78 is 0. The average Bonchev–Trinajstić information content (AvgIpc) is 2.24. The van der Waals surface area contributed by atoms with E-state index in [1.54, 1.807) is 0 Å². The third-order valence-electron chi connectivity index (χ3n) is 3.30. The van der Waals surface area contributed by atoms with Gasteiger partial charge in [-0.05, 0) is 12.0 Å². The number of hydrogen-bond donors (Lipinski definition) is 1. The van der Waals surface area contributed by atoms with Crippen LogP contribution in [-0.4, -0.2) is 9.97 Å². The van der Waals surface area contributed by atoms with Crippen molar-refractivity contribution in [3.63, 3.8) is 0 Å². The Balaban J connectivity index is 3.41. The summed E-state index contributed by atoms with van der Waals surface area (Å²) in [6, 6.07) is 2.01. The van der Waals surface area contributed by atoms with Gasteiger partial charge in [-0.2, -0.15) is 0 Å². The Bertz CT molecular complexity index is 404. The summed E-state index contributed by atoms with van der Waals surface area (Å²) in [7, 11) is 0. The van der Waals surface area contributed by atoms with Gasteiger partial charge in [0.25, 0.3) is 0 Å². The van der Waals surface area contributed by atoms with Crippen molar-refractivity contribution >= 4 is 0 Å². The molecule has 1 aromatic rings. The molecule has 1 aromatic heterocycles. The van der Waals surface area contributed by atoms with Crippen LogP contribution in [-0.2, 0) is 10.8 Å². The van der Waals surface area contributed by atoms with Crippen LogP contribution >= 0.6 is 0 Å². The van der Waals surface area contributed by atoms with Gasteiger partial charge in [-0.3, -0.25) is 0 Å². The van der Waals surface area contributed by atoms with Crippen LogP contribution in [0.3, 0.4) is 0 Å². The molecule has 0 aromatic carbocycles. The van der Waals surface area contributed by atoms with E-state index in [0.29, 0.717) is 5.92 Å². The first kappa shape index (κ1) is 16.1. The van der Waals surface area contributed by atoms with Gasteiger partial charge < -0.3 is 5.73 Å². The van der Waals surface area contributed by atoms with E-state index in [1.807, 2.05) is 0 Å². The van der Waals surface area contributed by atoms with Crippen molar-refractivity contribution in [3.05, 3.63) is 23.3 Å². The van der Waals surface area contributed by atoms with Crippen LogP contribution in [0.5, 0.6) is 0 Å². The van der Waals surface area contributed by atoms with Crippen molar-refractivity contribution in [1.82, 2.24) is 9.97 Å². The smallest absolute Gasteiger partial charge is 0.145 e. The first-order valence-corrected chi connectivity index (χ1v) is 7.08. The molecule has 1 rings (SSSR count). The second kappa shape index (κ2) is 5.20. The third-order valence-corrected chi connectivity index (χ3v) is 3.30. The SMILES string of the molecule is CC(C)C(N)c1nc(C(C)(C)C)cc(C(C)(C)C)n1. The molecule has 3 heteroatoms. The maximum Gasteiger partial charge on any atom is 0.145 e. The second-order valence-corrected chi connectivity index (χ2v) is 7.77. The first-order chi connectivity index (χ1) is 8.43. The van der Waals surface area contributed by atoms with E-state index < -0.39 is 0 Å². The number of rotatable bonds is 2. The summed E-state index contributed by atoms with van der Waals surface area (Å²) in [5.41, 5.74) is 8.39. The molecule has 3 nitrogen and oxygen atoms in total. The molecule has 108 valence electrons. The van der Waals surface area contributed by atoms with Gasteiger partial charge in [0, 0.05) is 22.2 Å². The molecular formula is C16H29N3. The molecule has 1 unspecified atom stereocenters. The van der Waals surface area contributed by atoms with Crippen molar-refractivity contribution < 1.29 is 0 Å². The van der Waals surface area contributed by atoms with E-state index in [1.165, 1.54) is 0 Å². The molecule has 2 N–H and O–H groups in total. The van der Waals surface area contributed by atoms with Crippen molar-refractivity contribution in [2.45, 2.75) is 72.3 Å². The normalized spacial score (nSPS) is 14.8. The van der Waals surface area contributed by atoms with Gasteiger partial charge in [-0.1, -0.05) is 55.4 Å². The summed E-state index contributed by atoms with van der Waals surface area (Å²) in [6.45, 7) is 17.2. The molecule has 0 amide bonds. The predicted octanol–water partition coefficient (Wildman–Crippen LogP) is 3.73. The van der Waals surface area contributed by atoms with Crippen LogP contribution in [0, 0.1) is 5.92 Å². The molecule has 1 atom stereocenters. The van der Waals surface area contributed by atoms with Gasteiger partial charge in [0.15, 0.2) is 0 Å². The summed E-state index contributed by atoms with van der Waals surface area (Å²) in [5, 5.41) is 0. The molecule has 0 bridgehead atoms. The number of hydrogen-bond acceptors (Lipinski definition) is 3. The lowest BCUT2D eigenvalue weighted by atomic mass is 9.86. The number of nitrogens with two attached hydrogens (primary N) is 1. The minimum atomic E-state index is -0.108. The molecule has 0 saturated heterocycles. The molecule has 0 fully saturated rings. The molecule has 19 heavy (non-hydrogen) atoms. The van der Waals surface area contributed by atoms with Crippen LogP contribution in [0.4, 0.5) is 0 Å². The summed E-state index contributed by atoms with van der Waals surface area (Å²) in [6.07, 6.45) is 0. The number of aromatic nitrogens is 2. The molecule has 1 heterocycles. The summed E-state index contributed by atoms with van der Waals surface area (Å²) in [4.78, 5) is 9.41. The Hall–Kier alpha value is -0.960. The van der Waals surface area contributed by atoms with E-state index in [0.717, 1.165) is 17.2 Å². The van der Waals surface area contributed by atoms with Crippen molar-refractivity contribution in [2.75, 3.05) is 0 Å². The molecule has 0 aliphatic rings. The highest BCUT2D eigenvalue weighted by molar-refractivity contribution is 5.23. The molecule has 0 radical (unpaired) electrons. The van der Waals surface area contributed by atoms with E-state index in [9.17, 15) is 0 Å². The van der Waals surface area contributed by atoms with Gasteiger partial charge in [0.2, 0.25) is 0 Å². The highest BCUT2D eigenvalue weighted by Gasteiger charge is 2.25. The fourth-order valence-electron chi connectivity index (χ4n) is 1.68. The standard InChI is InChI=1S/C16H29N3/c1-10(2)13(17)14-18-11(15(3,4)5)9-12(19-14)16(6,7)8/h9-10,13H,17H2,1-8H3. The van der Waals surface area contributed by atoms with E-state index >= 15 is 0 Å². The monoisotopic (exact) mass is 263 g/mol. The Kier molecular flexibility index (Phi) is 4.40. The van der Waals surface area contributed by atoms with Crippen LogP contribution in [0.1, 0.15) is 78.6 Å². The Morgan fingerprint density at radius 2 is 1.26 bits per heavy atom. The molecular weight excluding hydrogens is 234 g/mol. The molecule has 0 aliphatic carbocycles. The third kappa shape index (κ3) is 4.00. The first-order valence-electron chi connectivity index (χ1n) is 7.08. The van der Waals surface area contributed by atoms with Crippen molar-refractivity contribution in [1.29, 1.82) is 0 Å². The summed E-state index contributed by atoms with van der Waals surface area (Å²) in [5.74, 6) is 1.11. The fraction of sp³-hybridized carbons (Fsp3) is 0.750. The van der Waals surface area contributed by atoms with E-state index in [4.69, 9.17) is 15.7 Å². The maximum absolute atomic E-state index is 6.24. The number of nitrogens with zero attached hydrogens (tertiary/aromatic N) is 2. The van der Waals surface area contributed by atoms with Gasteiger partial charge in [-0.15, -0.1) is 0 Å².